The van der Waals surface area contributed by atoms with Gasteiger partial charge in [-0.3, -0.25) is 4.79 Å². The number of rotatable bonds is 4. The zero-order valence-electron chi connectivity index (χ0n) is 16.1. The Morgan fingerprint density at radius 3 is 2.62 bits per heavy atom. The molecule has 0 amide bonds. The van der Waals surface area contributed by atoms with Crippen molar-refractivity contribution in [2.75, 3.05) is 0 Å². The molecule has 158 valence electrons. The maximum absolute atomic E-state index is 13.0. The van der Waals surface area contributed by atoms with Gasteiger partial charge in [-0.1, -0.05) is 58.8 Å². The van der Waals surface area contributed by atoms with Crippen LogP contribution in [0.5, 0.6) is 0 Å². The Labute approximate surface area is 194 Å². The number of hydrogen-bond donors (Lipinski definition) is 0. The first-order chi connectivity index (χ1) is 15.5. The van der Waals surface area contributed by atoms with Gasteiger partial charge in [0.25, 0.3) is 5.56 Å². The second kappa shape index (κ2) is 8.35. The van der Waals surface area contributed by atoms with E-state index in [1.165, 1.54) is 28.0 Å². The second-order valence-corrected chi connectivity index (χ2v) is 8.56. The van der Waals surface area contributed by atoms with Gasteiger partial charge in [0.15, 0.2) is 5.82 Å². The molecule has 0 N–H and O–H groups in total. The van der Waals surface area contributed by atoms with Gasteiger partial charge in [-0.15, -0.1) is 5.10 Å². The number of hydrogen-bond acceptors (Lipinski definition) is 5. The molecule has 5 nitrogen and oxygen atoms in total. The predicted molar refractivity (Wildman–Crippen MR) is 125 cm³/mol. The van der Waals surface area contributed by atoms with Gasteiger partial charge in [-0.05, 0) is 48.0 Å². The minimum absolute atomic E-state index is 0.294. The molecule has 0 saturated carbocycles. The van der Waals surface area contributed by atoms with E-state index >= 15 is 0 Å². The fourth-order valence-corrected chi connectivity index (χ4v) is 4.35. The highest BCUT2D eigenvalue weighted by molar-refractivity contribution is 7.15. The highest BCUT2D eigenvalue weighted by Crippen LogP contribution is 2.34. The van der Waals surface area contributed by atoms with Crippen LogP contribution in [0.15, 0.2) is 63.8 Å². The number of halogens is 3. The van der Waals surface area contributed by atoms with Crippen molar-refractivity contribution >= 4 is 57.7 Å². The third kappa shape index (κ3) is 3.98. The third-order valence-electron chi connectivity index (χ3n) is 4.61. The number of benzene rings is 2. The van der Waals surface area contributed by atoms with E-state index in [9.17, 15) is 9.18 Å². The van der Waals surface area contributed by atoms with E-state index in [2.05, 4.69) is 10.1 Å². The Balaban J connectivity index is 1.44. The minimum Gasteiger partial charge on any atom is -0.457 e. The van der Waals surface area contributed by atoms with Crippen molar-refractivity contribution in [3.63, 3.8) is 0 Å². The molecule has 0 radical (unpaired) electrons. The van der Waals surface area contributed by atoms with Crippen molar-refractivity contribution in [2.45, 2.75) is 0 Å². The lowest BCUT2D eigenvalue weighted by molar-refractivity contribution is 0.571. The molecule has 3 heterocycles. The highest BCUT2D eigenvalue weighted by Gasteiger charge is 2.12. The topological polar surface area (TPSA) is 60.4 Å². The Bertz CT molecular complexity index is 1590. The number of aromatic nitrogens is 3. The summed E-state index contributed by atoms with van der Waals surface area (Å²) in [5.41, 5.74) is 1.17. The van der Waals surface area contributed by atoms with Crippen LogP contribution in [-0.4, -0.2) is 14.6 Å². The van der Waals surface area contributed by atoms with E-state index in [1.54, 1.807) is 60.7 Å². The van der Waals surface area contributed by atoms with Crippen molar-refractivity contribution < 1.29 is 8.81 Å². The summed E-state index contributed by atoms with van der Waals surface area (Å²) in [6.45, 7) is 0. The molecule has 0 spiro atoms. The Morgan fingerprint density at radius 2 is 1.84 bits per heavy atom. The van der Waals surface area contributed by atoms with Gasteiger partial charge < -0.3 is 4.42 Å². The Morgan fingerprint density at radius 1 is 1.03 bits per heavy atom. The van der Waals surface area contributed by atoms with Crippen LogP contribution < -0.4 is 10.1 Å². The lowest BCUT2D eigenvalue weighted by Crippen LogP contribution is -2.23. The van der Waals surface area contributed by atoms with Gasteiger partial charge in [-0.25, -0.2) is 4.39 Å². The summed E-state index contributed by atoms with van der Waals surface area (Å²) in [6, 6.07) is 14.8. The van der Waals surface area contributed by atoms with E-state index in [0.29, 0.717) is 42.4 Å². The molecule has 5 aromatic rings. The predicted octanol–water partition coefficient (Wildman–Crippen LogP) is 5.58. The maximum atomic E-state index is 13.0. The Hall–Kier alpha value is -3.26. The van der Waals surface area contributed by atoms with E-state index in [4.69, 9.17) is 27.6 Å². The fraction of sp³-hybridized carbons (Fsp3) is 0. The first-order valence-corrected chi connectivity index (χ1v) is 10.9. The molecule has 3 aromatic heterocycles. The molecule has 0 saturated heterocycles. The quantitative estimate of drug-likeness (QED) is 0.335. The summed E-state index contributed by atoms with van der Waals surface area (Å²) in [7, 11) is 0. The summed E-state index contributed by atoms with van der Waals surface area (Å²) in [5, 5.41) is 5.08. The average Bonchev–Trinajstić information content (AvgIpc) is 3.47. The molecule has 0 unspecified atom stereocenters. The third-order valence-corrected chi connectivity index (χ3v) is 6.39. The van der Waals surface area contributed by atoms with Crippen LogP contribution in [0.25, 0.3) is 34.5 Å². The molecule has 0 aliphatic carbocycles. The monoisotopic (exact) mass is 483 g/mol. The standard InChI is InChI=1S/C23H12Cl2FN3O2S/c24-17-3-1-2-16(21(17)25)18-10-9-15(31-18)12-19-22(30)29-23(32-19)27-20(28-29)11-6-13-4-7-14(26)8-5-13/h1-12H. The van der Waals surface area contributed by atoms with Crippen LogP contribution >= 0.6 is 34.5 Å². The van der Waals surface area contributed by atoms with Crippen LogP contribution in [0.1, 0.15) is 17.1 Å². The molecular formula is C23H12Cl2FN3O2S. The van der Waals surface area contributed by atoms with Crippen LogP contribution in [0, 0.1) is 5.82 Å². The van der Waals surface area contributed by atoms with Crippen molar-refractivity contribution in [1.29, 1.82) is 0 Å². The summed E-state index contributed by atoms with van der Waals surface area (Å²) < 4.78 is 20.5. The number of nitrogens with zero attached hydrogens (tertiary/aromatic N) is 3. The van der Waals surface area contributed by atoms with Gasteiger partial charge in [0.2, 0.25) is 4.96 Å². The molecule has 9 heteroatoms. The van der Waals surface area contributed by atoms with E-state index in [1.807, 2.05) is 0 Å². The fourth-order valence-electron chi connectivity index (χ4n) is 3.06. The number of furan rings is 1. The molecule has 2 aromatic carbocycles. The molecule has 0 atom stereocenters. The van der Waals surface area contributed by atoms with Gasteiger partial charge in [0.05, 0.1) is 10.0 Å². The summed E-state index contributed by atoms with van der Waals surface area (Å²) >= 11 is 13.5. The number of thiazole rings is 1. The summed E-state index contributed by atoms with van der Waals surface area (Å²) in [6.07, 6.45) is 5.06. The van der Waals surface area contributed by atoms with Crippen LogP contribution in [0.3, 0.4) is 0 Å². The van der Waals surface area contributed by atoms with Crippen molar-refractivity contribution in [1.82, 2.24) is 14.6 Å². The SMILES string of the molecule is O=c1c(=Cc2ccc(-c3cccc(Cl)c3Cl)o2)sc2nc(C=Cc3ccc(F)cc3)nn12. The first kappa shape index (κ1) is 20.6. The minimum atomic E-state index is -0.304. The van der Waals surface area contributed by atoms with Gasteiger partial charge in [0, 0.05) is 11.6 Å². The van der Waals surface area contributed by atoms with E-state index in [0.717, 1.165) is 5.56 Å². The molecule has 0 aliphatic heterocycles. The lowest BCUT2D eigenvalue weighted by atomic mass is 10.2. The molecule has 5 rings (SSSR count). The van der Waals surface area contributed by atoms with Gasteiger partial charge >= 0.3 is 0 Å². The Kier molecular flexibility index (Phi) is 5.38. The number of fused-ring (bicyclic) bond motifs is 1. The average molecular weight is 484 g/mol. The van der Waals surface area contributed by atoms with Crippen molar-refractivity contribution in [3.05, 3.63) is 102 Å². The molecule has 32 heavy (non-hydrogen) atoms. The smallest absolute Gasteiger partial charge is 0.291 e. The van der Waals surface area contributed by atoms with Gasteiger partial charge in [0.1, 0.15) is 21.9 Å². The second-order valence-electron chi connectivity index (χ2n) is 6.77. The van der Waals surface area contributed by atoms with Gasteiger partial charge in [-0.2, -0.15) is 9.50 Å². The normalized spacial score (nSPS) is 12.4. The zero-order chi connectivity index (χ0) is 22.2. The molecular weight excluding hydrogens is 472 g/mol. The molecule has 0 aliphatic rings. The molecule has 0 fully saturated rings. The van der Waals surface area contributed by atoms with E-state index in [-0.39, 0.29) is 11.4 Å². The van der Waals surface area contributed by atoms with Crippen LogP contribution in [-0.2, 0) is 0 Å². The van der Waals surface area contributed by atoms with Crippen molar-refractivity contribution in [3.8, 4) is 11.3 Å². The zero-order valence-corrected chi connectivity index (χ0v) is 18.5. The summed E-state index contributed by atoms with van der Waals surface area (Å²) in [5.74, 6) is 1.12. The maximum Gasteiger partial charge on any atom is 0.291 e. The van der Waals surface area contributed by atoms with Crippen molar-refractivity contribution in [2.24, 2.45) is 0 Å². The summed E-state index contributed by atoms with van der Waals surface area (Å²) in [4.78, 5) is 17.6. The largest absolute Gasteiger partial charge is 0.457 e. The first-order valence-electron chi connectivity index (χ1n) is 9.37. The van der Waals surface area contributed by atoms with Crippen LogP contribution in [0.2, 0.25) is 10.0 Å². The lowest BCUT2D eigenvalue weighted by Gasteiger charge is -2.01. The van der Waals surface area contributed by atoms with Crippen LogP contribution in [0.4, 0.5) is 4.39 Å². The highest BCUT2D eigenvalue weighted by atomic mass is 35.5. The molecule has 0 bridgehead atoms. The van der Waals surface area contributed by atoms with E-state index < -0.39 is 0 Å².